The minimum atomic E-state index is 0. The summed E-state index contributed by atoms with van der Waals surface area (Å²) in [4.78, 5) is 0. The van der Waals surface area contributed by atoms with Crippen LogP contribution in [0.1, 0.15) is 46.5 Å². The minimum absolute atomic E-state index is 0. The van der Waals surface area contributed by atoms with E-state index in [0.29, 0.717) is 6.61 Å². The molecule has 0 spiro atoms. The quantitative estimate of drug-likeness (QED) is 0.570. The zero-order chi connectivity index (χ0) is 6.24. The van der Waals surface area contributed by atoms with Crippen molar-refractivity contribution in [2.45, 2.75) is 46.5 Å². The highest BCUT2D eigenvalue weighted by atomic mass is 16.2. The van der Waals surface area contributed by atoms with Crippen molar-refractivity contribution in [3.05, 3.63) is 0 Å². The van der Waals surface area contributed by atoms with E-state index in [-0.39, 0.29) is 7.43 Å². The van der Waals surface area contributed by atoms with Gasteiger partial charge in [0.1, 0.15) is 0 Å². The Labute approximate surface area is 59.1 Å². The van der Waals surface area contributed by atoms with Crippen molar-refractivity contribution in [2.75, 3.05) is 6.61 Å². The summed E-state index contributed by atoms with van der Waals surface area (Å²) < 4.78 is 0. The van der Waals surface area contributed by atoms with Gasteiger partial charge in [0.2, 0.25) is 0 Å². The minimum Gasteiger partial charge on any atom is -0.396 e. The molecule has 1 heteroatoms. The normalized spacial score (nSPS) is 8.67. The van der Waals surface area contributed by atoms with Crippen LogP contribution in [0.2, 0.25) is 0 Å². The first-order valence-electron chi connectivity index (χ1n) is 3.52. The Morgan fingerprint density at radius 2 is 1.56 bits per heavy atom. The van der Waals surface area contributed by atoms with Gasteiger partial charge in [0, 0.05) is 6.61 Å². The number of aliphatic hydroxyl groups is 1. The van der Waals surface area contributed by atoms with E-state index in [1.807, 2.05) is 0 Å². The Morgan fingerprint density at radius 3 is 2.00 bits per heavy atom. The molecule has 0 saturated carbocycles. The Kier molecular flexibility index (Phi) is 14.1. The first kappa shape index (κ1) is 11.7. The molecular formula is C8H20O. The van der Waals surface area contributed by atoms with E-state index in [0.717, 1.165) is 6.42 Å². The maximum atomic E-state index is 8.37. The topological polar surface area (TPSA) is 20.2 Å². The van der Waals surface area contributed by atoms with Crippen LogP contribution in [0.25, 0.3) is 0 Å². The van der Waals surface area contributed by atoms with Gasteiger partial charge in [0.25, 0.3) is 0 Å². The fourth-order valence-electron chi connectivity index (χ4n) is 0.715. The van der Waals surface area contributed by atoms with Crippen molar-refractivity contribution < 1.29 is 5.11 Å². The molecule has 0 aliphatic heterocycles. The van der Waals surface area contributed by atoms with Gasteiger partial charge in [0.15, 0.2) is 0 Å². The summed E-state index contributed by atoms with van der Waals surface area (Å²) in [5.41, 5.74) is 0. The molecule has 1 N–H and O–H groups in total. The third kappa shape index (κ3) is 11.5. The average Bonchev–Trinajstić information content (AvgIpc) is 1.81. The van der Waals surface area contributed by atoms with Crippen LogP contribution in [0.4, 0.5) is 0 Å². The smallest absolute Gasteiger partial charge is 0.0431 e. The van der Waals surface area contributed by atoms with Crippen molar-refractivity contribution in [1.29, 1.82) is 0 Å². The Hall–Kier alpha value is -0.0400. The van der Waals surface area contributed by atoms with Crippen LogP contribution in [0, 0.1) is 0 Å². The number of aliphatic hydroxyl groups excluding tert-OH is 1. The zero-order valence-electron chi connectivity index (χ0n) is 5.69. The van der Waals surface area contributed by atoms with E-state index in [2.05, 4.69) is 6.92 Å². The second-order valence-corrected chi connectivity index (χ2v) is 2.14. The van der Waals surface area contributed by atoms with Gasteiger partial charge in [0.05, 0.1) is 0 Å². The number of hydrogen-bond acceptors (Lipinski definition) is 1. The lowest BCUT2D eigenvalue weighted by Crippen LogP contribution is -1.81. The molecule has 0 fully saturated rings. The molecule has 9 heavy (non-hydrogen) atoms. The van der Waals surface area contributed by atoms with Crippen LogP contribution in [-0.4, -0.2) is 11.7 Å². The monoisotopic (exact) mass is 132 g/mol. The molecule has 1 nitrogen and oxygen atoms in total. The van der Waals surface area contributed by atoms with Crippen LogP contribution >= 0.6 is 0 Å². The van der Waals surface area contributed by atoms with Gasteiger partial charge in [-0.15, -0.1) is 0 Å². The van der Waals surface area contributed by atoms with Crippen LogP contribution in [0.5, 0.6) is 0 Å². The van der Waals surface area contributed by atoms with E-state index >= 15 is 0 Å². The van der Waals surface area contributed by atoms with Crippen molar-refractivity contribution in [2.24, 2.45) is 0 Å². The van der Waals surface area contributed by atoms with Crippen molar-refractivity contribution in [3.8, 4) is 0 Å². The predicted octanol–water partition coefficient (Wildman–Crippen LogP) is 2.59. The van der Waals surface area contributed by atoms with Gasteiger partial charge in [-0.2, -0.15) is 0 Å². The summed E-state index contributed by atoms with van der Waals surface area (Å²) in [5, 5.41) is 8.37. The summed E-state index contributed by atoms with van der Waals surface area (Å²) in [6, 6.07) is 0. The number of unbranched alkanes of at least 4 members (excludes halogenated alkanes) is 4. The highest BCUT2D eigenvalue weighted by Crippen LogP contribution is 2.00. The van der Waals surface area contributed by atoms with Crippen LogP contribution in [-0.2, 0) is 0 Å². The largest absolute Gasteiger partial charge is 0.396 e. The van der Waals surface area contributed by atoms with E-state index < -0.39 is 0 Å². The Morgan fingerprint density at radius 1 is 1.00 bits per heavy atom. The Bertz CT molecular complexity index is 29.5. The molecule has 0 aromatic heterocycles. The first-order valence-corrected chi connectivity index (χ1v) is 3.52. The summed E-state index contributed by atoms with van der Waals surface area (Å²) in [7, 11) is 0. The third-order valence-electron chi connectivity index (χ3n) is 1.26. The van der Waals surface area contributed by atoms with Crippen molar-refractivity contribution in [1.82, 2.24) is 0 Å². The van der Waals surface area contributed by atoms with Crippen molar-refractivity contribution >= 4 is 0 Å². The molecule has 0 atom stereocenters. The van der Waals surface area contributed by atoms with Gasteiger partial charge in [-0.3, -0.25) is 0 Å². The molecule has 0 aromatic rings. The lowest BCUT2D eigenvalue weighted by Gasteiger charge is -1.93. The molecule has 0 bridgehead atoms. The lowest BCUT2D eigenvalue weighted by atomic mass is 10.2. The predicted molar refractivity (Wildman–Crippen MR) is 42.6 cm³/mol. The molecule has 58 valence electrons. The molecule has 0 aliphatic rings. The molecule has 0 rings (SSSR count). The van der Waals surface area contributed by atoms with Gasteiger partial charge >= 0.3 is 0 Å². The molecule has 0 heterocycles. The van der Waals surface area contributed by atoms with Gasteiger partial charge < -0.3 is 5.11 Å². The number of hydrogen-bond donors (Lipinski definition) is 1. The highest BCUT2D eigenvalue weighted by Gasteiger charge is 1.84. The second kappa shape index (κ2) is 10.9. The SMILES string of the molecule is C.CCCCCCCO. The summed E-state index contributed by atoms with van der Waals surface area (Å²) >= 11 is 0. The zero-order valence-corrected chi connectivity index (χ0v) is 5.69. The molecule has 0 saturated heterocycles. The molecule has 0 aromatic carbocycles. The van der Waals surface area contributed by atoms with Crippen LogP contribution in [0.3, 0.4) is 0 Å². The fraction of sp³-hybridized carbons (Fsp3) is 1.00. The molecular weight excluding hydrogens is 112 g/mol. The Balaban J connectivity index is 0. The van der Waals surface area contributed by atoms with Gasteiger partial charge in [-0.25, -0.2) is 0 Å². The van der Waals surface area contributed by atoms with Gasteiger partial charge in [-0.05, 0) is 6.42 Å². The van der Waals surface area contributed by atoms with E-state index in [1.165, 1.54) is 25.7 Å². The molecule has 0 aliphatic carbocycles. The van der Waals surface area contributed by atoms with E-state index in [9.17, 15) is 0 Å². The average molecular weight is 132 g/mol. The van der Waals surface area contributed by atoms with Crippen LogP contribution in [0.15, 0.2) is 0 Å². The van der Waals surface area contributed by atoms with Crippen LogP contribution < -0.4 is 0 Å². The first-order chi connectivity index (χ1) is 3.91. The molecule has 0 unspecified atom stereocenters. The second-order valence-electron chi connectivity index (χ2n) is 2.14. The van der Waals surface area contributed by atoms with Crippen molar-refractivity contribution in [3.63, 3.8) is 0 Å². The molecule has 0 amide bonds. The fourth-order valence-corrected chi connectivity index (χ4v) is 0.715. The van der Waals surface area contributed by atoms with E-state index in [4.69, 9.17) is 5.11 Å². The highest BCUT2D eigenvalue weighted by molar-refractivity contribution is 4.39. The number of rotatable bonds is 5. The summed E-state index contributed by atoms with van der Waals surface area (Å²) in [6.07, 6.45) is 6.08. The maximum absolute atomic E-state index is 8.37. The van der Waals surface area contributed by atoms with Gasteiger partial charge in [-0.1, -0.05) is 40.0 Å². The summed E-state index contributed by atoms with van der Waals surface area (Å²) in [6.45, 7) is 2.56. The van der Waals surface area contributed by atoms with E-state index in [1.54, 1.807) is 0 Å². The third-order valence-corrected chi connectivity index (χ3v) is 1.26. The molecule has 0 radical (unpaired) electrons. The maximum Gasteiger partial charge on any atom is 0.0431 e. The lowest BCUT2D eigenvalue weighted by molar-refractivity contribution is 0.282. The standard InChI is InChI=1S/C7H16O.CH4/c1-2-3-4-5-6-7-8;/h8H,2-7H2,1H3;1H4. The summed E-state index contributed by atoms with van der Waals surface area (Å²) in [5.74, 6) is 0.